The molecule has 81 heavy (non-hydrogen) atoms. The van der Waals surface area contributed by atoms with Gasteiger partial charge in [0.2, 0.25) is 0 Å². The largest absolute Gasteiger partial charge is 0.462 e. The summed E-state index contributed by atoms with van der Waals surface area (Å²) in [4.78, 5) is 38.4. The number of carbonyl (C=O) groups excluding carboxylic acids is 3. The van der Waals surface area contributed by atoms with Gasteiger partial charge in [-0.05, 0) is 57.8 Å². The molecule has 0 amide bonds. The summed E-state index contributed by atoms with van der Waals surface area (Å²) in [5, 5.41) is 0. The second kappa shape index (κ2) is 70.1. The van der Waals surface area contributed by atoms with Crippen LogP contribution < -0.4 is 0 Å². The molecule has 0 saturated carbocycles. The van der Waals surface area contributed by atoms with E-state index in [0.29, 0.717) is 19.3 Å². The summed E-state index contributed by atoms with van der Waals surface area (Å²) in [7, 11) is 0. The Kier molecular flexibility index (Phi) is 68.1. The number of ether oxygens (including phenoxy) is 3. The van der Waals surface area contributed by atoms with Crippen molar-refractivity contribution in [3.63, 3.8) is 0 Å². The zero-order chi connectivity index (χ0) is 58.5. The van der Waals surface area contributed by atoms with Crippen molar-refractivity contribution in [1.82, 2.24) is 0 Å². The van der Waals surface area contributed by atoms with Crippen molar-refractivity contribution in [2.75, 3.05) is 13.2 Å². The molecule has 0 bridgehead atoms. The van der Waals surface area contributed by atoms with E-state index in [4.69, 9.17) is 14.2 Å². The molecule has 0 radical (unpaired) electrons. The summed E-state index contributed by atoms with van der Waals surface area (Å²) in [6.45, 7) is 6.68. The summed E-state index contributed by atoms with van der Waals surface area (Å²) in [5.41, 5.74) is 0. The van der Waals surface area contributed by atoms with Crippen molar-refractivity contribution in [2.24, 2.45) is 0 Å². The lowest BCUT2D eigenvalue weighted by molar-refractivity contribution is -0.167. The summed E-state index contributed by atoms with van der Waals surface area (Å²) < 4.78 is 17.0. The third-order valence-corrected chi connectivity index (χ3v) is 16.6. The zero-order valence-electron chi connectivity index (χ0n) is 54.8. The molecule has 6 heteroatoms. The highest BCUT2D eigenvalue weighted by molar-refractivity contribution is 5.71. The predicted octanol–water partition coefficient (Wildman–Crippen LogP) is 25.1. The maximum Gasteiger partial charge on any atom is 0.306 e. The minimum atomic E-state index is -0.777. The maximum atomic E-state index is 12.9. The van der Waals surface area contributed by atoms with Gasteiger partial charge in [0.25, 0.3) is 0 Å². The molecule has 0 N–H and O–H groups in total. The average Bonchev–Trinajstić information content (AvgIpc) is 3.46. The molecular formula is C75H140O6. The van der Waals surface area contributed by atoms with Gasteiger partial charge < -0.3 is 14.2 Å². The van der Waals surface area contributed by atoms with E-state index in [9.17, 15) is 14.4 Å². The van der Waals surface area contributed by atoms with Gasteiger partial charge in [0.1, 0.15) is 13.2 Å². The van der Waals surface area contributed by atoms with E-state index in [1.54, 1.807) is 0 Å². The van der Waals surface area contributed by atoms with E-state index in [-0.39, 0.29) is 31.1 Å². The first-order valence-corrected chi connectivity index (χ1v) is 36.5. The first-order valence-electron chi connectivity index (χ1n) is 36.5. The Morgan fingerprint density at radius 3 is 0.716 bits per heavy atom. The second-order valence-electron chi connectivity index (χ2n) is 24.9. The number of unbranched alkanes of at least 4 members (excludes halogenated alkanes) is 51. The Bertz CT molecular complexity index is 1350. The zero-order valence-corrected chi connectivity index (χ0v) is 54.8. The Balaban J connectivity index is 4.15. The van der Waals surface area contributed by atoms with Crippen LogP contribution in [-0.4, -0.2) is 37.2 Å². The standard InChI is InChI=1S/C75H140O6/c1-4-7-10-13-16-19-22-25-27-29-31-32-33-34-35-36-37-38-39-40-41-42-44-45-47-50-53-56-59-62-65-68-74(77)80-71-72(70-79-73(76)67-64-61-58-55-52-49-24-21-18-15-12-9-6-3)81-75(78)69-66-63-60-57-54-51-48-46-43-30-28-26-23-20-17-14-11-8-5-2/h17,20,26,28,43,46,72H,4-16,18-19,21-25,27,29-42,44-45,47-71H2,1-3H3/b20-17-,28-26-,46-43-. The lowest BCUT2D eigenvalue weighted by Gasteiger charge is -2.18. The van der Waals surface area contributed by atoms with Crippen LogP contribution in [-0.2, 0) is 28.6 Å². The Hall–Kier alpha value is -2.37. The van der Waals surface area contributed by atoms with Crippen LogP contribution in [0.25, 0.3) is 0 Å². The van der Waals surface area contributed by atoms with Crippen molar-refractivity contribution < 1.29 is 28.6 Å². The second-order valence-corrected chi connectivity index (χ2v) is 24.9. The molecule has 1 atom stereocenters. The van der Waals surface area contributed by atoms with Crippen LogP contribution in [0.1, 0.15) is 406 Å². The fourth-order valence-corrected chi connectivity index (χ4v) is 11.2. The van der Waals surface area contributed by atoms with Gasteiger partial charge in [0.15, 0.2) is 6.10 Å². The number of allylic oxidation sites excluding steroid dienone is 6. The van der Waals surface area contributed by atoms with Crippen molar-refractivity contribution in [3.8, 4) is 0 Å². The molecule has 476 valence electrons. The van der Waals surface area contributed by atoms with E-state index in [1.165, 1.54) is 289 Å². The topological polar surface area (TPSA) is 78.9 Å². The number of hydrogen-bond acceptors (Lipinski definition) is 6. The Morgan fingerprint density at radius 2 is 0.444 bits per heavy atom. The van der Waals surface area contributed by atoms with Crippen molar-refractivity contribution in [2.45, 2.75) is 412 Å². The lowest BCUT2D eigenvalue weighted by atomic mass is 10.0. The summed E-state index contributed by atoms with van der Waals surface area (Å²) in [6, 6.07) is 0. The van der Waals surface area contributed by atoms with Crippen LogP contribution >= 0.6 is 0 Å². The van der Waals surface area contributed by atoms with Crippen LogP contribution in [0.2, 0.25) is 0 Å². The molecule has 0 heterocycles. The molecule has 0 aromatic carbocycles. The number of esters is 3. The molecule has 0 spiro atoms. The highest BCUT2D eigenvalue weighted by Crippen LogP contribution is 2.19. The summed E-state index contributed by atoms with van der Waals surface area (Å²) >= 11 is 0. The van der Waals surface area contributed by atoms with E-state index >= 15 is 0 Å². The van der Waals surface area contributed by atoms with E-state index in [1.807, 2.05) is 0 Å². The highest BCUT2D eigenvalue weighted by Gasteiger charge is 2.19. The Morgan fingerprint density at radius 1 is 0.247 bits per heavy atom. The van der Waals surface area contributed by atoms with Crippen molar-refractivity contribution in [1.29, 1.82) is 0 Å². The van der Waals surface area contributed by atoms with Crippen LogP contribution in [0.4, 0.5) is 0 Å². The lowest BCUT2D eigenvalue weighted by Crippen LogP contribution is -2.30. The van der Waals surface area contributed by atoms with Gasteiger partial charge in [0.05, 0.1) is 0 Å². The predicted molar refractivity (Wildman–Crippen MR) is 353 cm³/mol. The molecule has 0 aliphatic carbocycles. The fraction of sp³-hybridized carbons (Fsp3) is 0.880. The van der Waals surface area contributed by atoms with Crippen LogP contribution in [0.15, 0.2) is 36.5 Å². The SMILES string of the molecule is CCCCC/C=C\C/C=C\C/C=C\CCCCCCCCC(=O)OC(COC(=O)CCCCCCCCCCCCCCC)COC(=O)CCCCCCCCCCCCCCCCCCCCCCCCCCCCCCCCC. The molecule has 6 nitrogen and oxygen atoms in total. The third kappa shape index (κ3) is 68.3. The van der Waals surface area contributed by atoms with Gasteiger partial charge in [-0.1, -0.05) is 365 Å². The summed E-state index contributed by atoms with van der Waals surface area (Å²) in [5.74, 6) is -0.856. The first-order chi connectivity index (χ1) is 40.0. The van der Waals surface area contributed by atoms with Gasteiger partial charge in [-0.2, -0.15) is 0 Å². The van der Waals surface area contributed by atoms with Gasteiger partial charge >= 0.3 is 17.9 Å². The minimum Gasteiger partial charge on any atom is -0.462 e. The molecule has 1 unspecified atom stereocenters. The molecule has 0 aromatic heterocycles. The van der Waals surface area contributed by atoms with E-state index in [2.05, 4.69) is 57.2 Å². The number of rotatable bonds is 68. The molecule has 0 rings (SSSR count). The van der Waals surface area contributed by atoms with E-state index in [0.717, 1.165) is 77.0 Å². The quantitative estimate of drug-likeness (QED) is 0.0261. The minimum absolute atomic E-state index is 0.0719. The fourth-order valence-electron chi connectivity index (χ4n) is 11.2. The van der Waals surface area contributed by atoms with Crippen molar-refractivity contribution >= 4 is 17.9 Å². The van der Waals surface area contributed by atoms with Gasteiger partial charge in [-0.25, -0.2) is 0 Å². The molecule has 0 aliphatic rings. The Labute approximate surface area is 506 Å². The highest BCUT2D eigenvalue weighted by atomic mass is 16.6. The van der Waals surface area contributed by atoms with E-state index < -0.39 is 6.10 Å². The van der Waals surface area contributed by atoms with Crippen LogP contribution in [0.5, 0.6) is 0 Å². The number of carbonyl (C=O) groups is 3. The third-order valence-electron chi connectivity index (χ3n) is 16.6. The molecule has 0 saturated heterocycles. The molecule has 0 fully saturated rings. The number of hydrogen-bond donors (Lipinski definition) is 0. The summed E-state index contributed by atoms with van der Waals surface area (Å²) in [6.07, 6.45) is 87.6. The smallest absolute Gasteiger partial charge is 0.306 e. The average molecular weight is 1140 g/mol. The van der Waals surface area contributed by atoms with Crippen LogP contribution in [0.3, 0.4) is 0 Å². The molecule has 0 aromatic rings. The molecular weight excluding hydrogens is 997 g/mol. The first kappa shape index (κ1) is 78.6. The van der Waals surface area contributed by atoms with Gasteiger partial charge in [-0.3, -0.25) is 14.4 Å². The van der Waals surface area contributed by atoms with Crippen LogP contribution in [0, 0.1) is 0 Å². The van der Waals surface area contributed by atoms with Gasteiger partial charge in [-0.15, -0.1) is 0 Å². The molecule has 0 aliphatic heterocycles. The monoisotopic (exact) mass is 1140 g/mol. The maximum absolute atomic E-state index is 12.9. The normalized spacial score (nSPS) is 12.2. The van der Waals surface area contributed by atoms with Crippen molar-refractivity contribution in [3.05, 3.63) is 36.5 Å². The van der Waals surface area contributed by atoms with Gasteiger partial charge in [0, 0.05) is 19.3 Å².